The Kier molecular flexibility index (Phi) is 5.45. The molecule has 0 aliphatic carbocycles. The standard InChI is InChI=1S/C13H19BrN2.ClH/c1-9-3-4-11(5-12(9)14)7-16-6-10(2)13(15)8-16;/h3-5,10,13H,6-8,15H2,1-2H3;1H. The molecule has 2 unspecified atom stereocenters. The molecule has 96 valence electrons. The third-order valence-corrected chi connectivity index (χ3v) is 4.24. The van der Waals surface area contributed by atoms with Gasteiger partial charge in [-0.05, 0) is 30.0 Å². The molecule has 1 fully saturated rings. The smallest absolute Gasteiger partial charge is 0.0234 e. The number of halogens is 2. The molecule has 1 aliphatic rings. The lowest BCUT2D eigenvalue weighted by molar-refractivity contribution is 0.319. The predicted octanol–water partition coefficient (Wildman–Crippen LogP) is 2.96. The zero-order valence-corrected chi connectivity index (χ0v) is 12.7. The van der Waals surface area contributed by atoms with Crippen molar-refractivity contribution >= 4 is 28.3 Å². The number of hydrogen-bond acceptors (Lipinski definition) is 2. The van der Waals surface area contributed by atoms with Crippen molar-refractivity contribution in [2.75, 3.05) is 13.1 Å². The maximum Gasteiger partial charge on any atom is 0.0234 e. The van der Waals surface area contributed by atoms with Gasteiger partial charge in [-0.15, -0.1) is 12.4 Å². The summed E-state index contributed by atoms with van der Waals surface area (Å²) in [5.74, 6) is 0.619. The van der Waals surface area contributed by atoms with Crippen molar-refractivity contribution < 1.29 is 0 Å². The Morgan fingerprint density at radius 3 is 2.65 bits per heavy atom. The van der Waals surface area contributed by atoms with E-state index in [1.54, 1.807) is 0 Å². The Morgan fingerprint density at radius 1 is 1.41 bits per heavy atom. The van der Waals surface area contributed by atoms with E-state index in [4.69, 9.17) is 5.73 Å². The highest BCUT2D eigenvalue weighted by atomic mass is 79.9. The quantitative estimate of drug-likeness (QED) is 0.908. The van der Waals surface area contributed by atoms with Crippen LogP contribution in [0.1, 0.15) is 18.1 Å². The highest BCUT2D eigenvalue weighted by Gasteiger charge is 2.26. The minimum atomic E-state index is 0. The summed E-state index contributed by atoms with van der Waals surface area (Å²) in [6.45, 7) is 7.49. The fourth-order valence-electron chi connectivity index (χ4n) is 2.22. The third kappa shape index (κ3) is 3.68. The molecule has 2 nitrogen and oxygen atoms in total. The average molecular weight is 320 g/mol. The number of likely N-dealkylation sites (tertiary alicyclic amines) is 1. The van der Waals surface area contributed by atoms with Gasteiger partial charge in [0.1, 0.15) is 0 Å². The molecule has 2 atom stereocenters. The average Bonchev–Trinajstić information content (AvgIpc) is 2.52. The van der Waals surface area contributed by atoms with Gasteiger partial charge in [0.05, 0.1) is 0 Å². The largest absolute Gasteiger partial charge is 0.326 e. The van der Waals surface area contributed by atoms with Gasteiger partial charge in [0.15, 0.2) is 0 Å². The van der Waals surface area contributed by atoms with Gasteiger partial charge in [-0.3, -0.25) is 4.90 Å². The first-order valence-electron chi connectivity index (χ1n) is 5.79. The van der Waals surface area contributed by atoms with E-state index in [0.717, 1.165) is 19.6 Å². The summed E-state index contributed by atoms with van der Waals surface area (Å²) < 4.78 is 1.20. The van der Waals surface area contributed by atoms with E-state index in [0.29, 0.717) is 12.0 Å². The topological polar surface area (TPSA) is 29.3 Å². The molecule has 0 spiro atoms. The van der Waals surface area contributed by atoms with Crippen LogP contribution in [0.5, 0.6) is 0 Å². The number of rotatable bonds is 2. The molecule has 1 heterocycles. The second-order valence-electron chi connectivity index (χ2n) is 4.92. The number of nitrogens with two attached hydrogens (primary N) is 1. The molecule has 2 N–H and O–H groups in total. The van der Waals surface area contributed by atoms with Crippen LogP contribution in [0, 0.1) is 12.8 Å². The van der Waals surface area contributed by atoms with Crippen molar-refractivity contribution in [1.29, 1.82) is 0 Å². The molecular formula is C13H20BrClN2. The number of hydrogen-bond donors (Lipinski definition) is 1. The van der Waals surface area contributed by atoms with E-state index in [-0.39, 0.29) is 12.4 Å². The lowest BCUT2D eigenvalue weighted by Crippen LogP contribution is -2.28. The molecule has 1 aromatic carbocycles. The monoisotopic (exact) mass is 318 g/mol. The van der Waals surface area contributed by atoms with Gasteiger partial charge >= 0.3 is 0 Å². The first kappa shape index (κ1) is 15.0. The van der Waals surface area contributed by atoms with Crippen LogP contribution in [0.25, 0.3) is 0 Å². The van der Waals surface area contributed by atoms with Gasteiger partial charge in [0.25, 0.3) is 0 Å². The van der Waals surface area contributed by atoms with Crippen molar-refractivity contribution in [2.24, 2.45) is 11.7 Å². The third-order valence-electron chi connectivity index (χ3n) is 3.39. The highest BCUT2D eigenvalue weighted by molar-refractivity contribution is 9.10. The van der Waals surface area contributed by atoms with Crippen LogP contribution in [0.15, 0.2) is 22.7 Å². The summed E-state index contributed by atoms with van der Waals surface area (Å²) in [5, 5.41) is 0. The molecule has 0 saturated carbocycles. The Morgan fingerprint density at radius 2 is 2.12 bits per heavy atom. The molecule has 17 heavy (non-hydrogen) atoms. The Balaban J connectivity index is 0.00000144. The van der Waals surface area contributed by atoms with Crippen LogP contribution in [0.3, 0.4) is 0 Å². The van der Waals surface area contributed by atoms with Crippen LogP contribution >= 0.6 is 28.3 Å². The van der Waals surface area contributed by atoms with Crippen LogP contribution < -0.4 is 5.73 Å². The molecule has 0 amide bonds. The van der Waals surface area contributed by atoms with E-state index in [1.165, 1.54) is 15.6 Å². The number of benzene rings is 1. The highest BCUT2D eigenvalue weighted by Crippen LogP contribution is 2.21. The Hall–Kier alpha value is -0.0900. The first-order valence-corrected chi connectivity index (χ1v) is 6.58. The van der Waals surface area contributed by atoms with Gasteiger partial charge in [-0.2, -0.15) is 0 Å². The van der Waals surface area contributed by atoms with Crippen LogP contribution in [-0.2, 0) is 6.54 Å². The summed E-state index contributed by atoms with van der Waals surface area (Å²) in [6.07, 6.45) is 0. The lowest BCUT2D eigenvalue weighted by atomic mass is 10.1. The molecule has 2 rings (SSSR count). The zero-order valence-electron chi connectivity index (χ0n) is 10.3. The summed E-state index contributed by atoms with van der Waals surface area (Å²) >= 11 is 3.58. The molecule has 4 heteroatoms. The van der Waals surface area contributed by atoms with Crippen molar-refractivity contribution in [3.63, 3.8) is 0 Å². The predicted molar refractivity (Wildman–Crippen MR) is 78.5 cm³/mol. The lowest BCUT2D eigenvalue weighted by Gasteiger charge is -2.15. The van der Waals surface area contributed by atoms with Gasteiger partial charge in [0.2, 0.25) is 0 Å². The van der Waals surface area contributed by atoms with Crippen LogP contribution in [0.4, 0.5) is 0 Å². The van der Waals surface area contributed by atoms with E-state index in [2.05, 4.69) is 52.9 Å². The maximum absolute atomic E-state index is 6.03. The summed E-state index contributed by atoms with van der Waals surface area (Å²) in [6, 6.07) is 6.92. The summed E-state index contributed by atoms with van der Waals surface area (Å²) in [5.41, 5.74) is 8.67. The molecule has 1 aliphatic heterocycles. The van der Waals surface area contributed by atoms with Crippen molar-refractivity contribution in [3.8, 4) is 0 Å². The van der Waals surface area contributed by atoms with Crippen molar-refractivity contribution in [2.45, 2.75) is 26.4 Å². The molecule has 0 aromatic heterocycles. The van der Waals surface area contributed by atoms with E-state index >= 15 is 0 Å². The molecule has 0 bridgehead atoms. The summed E-state index contributed by atoms with van der Waals surface area (Å²) in [7, 11) is 0. The van der Waals surface area contributed by atoms with Crippen LogP contribution in [0.2, 0.25) is 0 Å². The van der Waals surface area contributed by atoms with Gasteiger partial charge in [-0.25, -0.2) is 0 Å². The Bertz CT molecular complexity index is 374. The molecular weight excluding hydrogens is 300 g/mol. The fraction of sp³-hybridized carbons (Fsp3) is 0.538. The first-order chi connectivity index (χ1) is 7.56. The zero-order chi connectivity index (χ0) is 11.7. The second-order valence-corrected chi connectivity index (χ2v) is 5.77. The molecule has 1 saturated heterocycles. The van der Waals surface area contributed by atoms with Gasteiger partial charge in [-0.1, -0.05) is 35.0 Å². The minimum Gasteiger partial charge on any atom is -0.326 e. The molecule has 0 radical (unpaired) electrons. The van der Waals surface area contributed by atoms with Crippen molar-refractivity contribution in [3.05, 3.63) is 33.8 Å². The Labute approximate surface area is 118 Å². The maximum atomic E-state index is 6.03. The molecule has 1 aromatic rings. The number of nitrogens with zero attached hydrogens (tertiary/aromatic N) is 1. The minimum absolute atomic E-state index is 0. The summed E-state index contributed by atoms with van der Waals surface area (Å²) in [4.78, 5) is 2.44. The SMILES string of the molecule is Cc1ccc(CN2CC(C)C(N)C2)cc1Br.Cl. The van der Waals surface area contributed by atoms with Crippen LogP contribution in [-0.4, -0.2) is 24.0 Å². The normalized spacial score (nSPS) is 24.7. The number of aryl methyl sites for hydroxylation is 1. The second kappa shape index (κ2) is 6.19. The van der Waals surface area contributed by atoms with Crippen molar-refractivity contribution in [1.82, 2.24) is 4.90 Å². The van der Waals surface area contributed by atoms with E-state index in [9.17, 15) is 0 Å². The van der Waals surface area contributed by atoms with Gasteiger partial charge in [0, 0.05) is 30.1 Å². The van der Waals surface area contributed by atoms with E-state index in [1.807, 2.05) is 0 Å². The fourth-order valence-corrected chi connectivity index (χ4v) is 2.64. The van der Waals surface area contributed by atoms with Gasteiger partial charge < -0.3 is 5.73 Å². The van der Waals surface area contributed by atoms with E-state index < -0.39 is 0 Å².